The van der Waals surface area contributed by atoms with Crippen molar-refractivity contribution in [1.29, 1.82) is 0 Å². The maximum atomic E-state index is 5.91. The van der Waals surface area contributed by atoms with Crippen molar-refractivity contribution < 1.29 is 4.74 Å². The highest BCUT2D eigenvalue weighted by atomic mass is 35.5. The van der Waals surface area contributed by atoms with Gasteiger partial charge in [-0.2, -0.15) is 4.98 Å². The lowest BCUT2D eigenvalue weighted by Gasteiger charge is -2.22. The maximum Gasteiger partial charge on any atom is 0.218 e. The molecule has 1 aromatic rings. The van der Waals surface area contributed by atoms with Crippen LogP contribution in [0.2, 0.25) is 5.15 Å². The number of nitrogens with one attached hydrogen (secondary N) is 1. The highest BCUT2D eigenvalue weighted by Gasteiger charge is 2.12. The van der Waals surface area contributed by atoms with E-state index >= 15 is 0 Å². The van der Waals surface area contributed by atoms with Crippen LogP contribution in [0.1, 0.15) is 25.7 Å². The molecule has 1 saturated heterocycles. The summed E-state index contributed by atoms with van der Waals surface area (Å²) < 4.78 is 5.65. The van der Waals surface area contributed by atoms with Crippen molar-refractivity contribution in [1.82, 2.24) is 15.3 Å². The van der Waals surface area contributed by atoms with Crippen LogP contribution in [-0.4, -0.2) is 35.9 Å². The molecule has 0 aliphatic carbocycles. The van der Waals surface area contributed by atoms with E-state index in [1.807, 2.05) is 6.26 Å². The molecule has 19 heavy (non-hydrogen) atoms. The minimum atomic E-state index is 0.436. The number of hydrogen-bond donors (Lipinski definition) is 1. The van der Waals surface area contributed by atoms with Gasteiger partial charge in [-0.15, -0.1) is 0 Å². The Kier molecular flexibility index (Phi) is 6.20. The van der Waals surface area contributed by atoms with Crippen LogP contribution in [0.4, 0.5) is 0 Å². The molecule has 1 aliphatic rings. The SMILES string of the molecule is CSc1nc(Cl)cc(OCCC[C@H]2CCCNC2)n1. The summed E-state index contributed by atoms with van der Waals surface area (Å²) in [5.74, 6) is 1.37. The number of halogens is 1. The van der Waals surface area contributed by atoms with E-state index in [0.717, 1.165) is 18.9 Å². The van der Waals surface area contributed by atoms with Crippen LogP contribution in [0.5, 0.6) is 5.88 Å². The summed E-state index contributed by atoms with van der Waals surface area (Å²) in [6.07, 6.45) is 6.82. The first-order chi connectivity index (χ1) is 9.28. The van der Waals surface area contributed by atoms with E-state index in [1.54, 1.807) is 6.07 Å². The van der Waals surface area contributed by atoms with Crippen LogP contribution in [0.25, 0.3) is 0 Å². The molecule has 2 rings (SSSR count). The molecule has 1 N–H and O–H groups in total. The molecule has 1 aliphatic heterocycles. The van der Waals surface area contributed by atoms with Crippen LogP contribution in [-0.2, 0) is 0 Å². The van der Waals surface area contributed by atoms with Crippen LogP contribution in [0.15, 0.2) is 11.2 Å². The second kappa shape index (κ2) is 7.92. The largest absolute Gasteiger partial charge is 0.478 e. The van der Waals surface area contributed by atoms with Gasteiger partial charge in [0.25, 0.3) is 0 Å². The smallest absolute Gasteiger partial charge is 0.218 e. The van der Waals surface area contributed by atoms with E-state index < -0.39 is 0 Å². The Labute approximate surface area is 123 Å². The molecule has 106 valence electrons. The minimum Gasteiger partial charge on any atom is -0.478 e. The molecule has 0 unspecified atom stereocenters. The number of piperidine rings is 1. The molecule has 0 bridgehead atoms. The fraction of sp³-hybridized carbons (Fsp3) is 0.692. The zero-order valence-corrected chi connectivity index (χ0v) is 12.8. The number of hydrogen-bond acceptors (Lipinski definition) is 5. The zero-order chi connectivity index (χ0) is 13.5. The van der Waals surface area contributed by atoms with Gasteiger partial charge in [-0.3, -0.25) is 0 Å². The van der Waals surface area contributed by atoms with Crippen molar-refractivity contribution >= 4 is 23.4 Å². The Hall–Kier alpha value is -0.520. The van der Waals surface area contributed by atoms with Crippen LogP contribution < -0.4 is 10.1 Å². The summed E-state index contributed by atoms with van der Waals surface area (Å²) in [6, 6.07) is 1.67. The average Bonchev–Trinajstić information content (AvgIpc) is 2.44. The third-order valence-electron chi connectivity index (χ3n) is 3.24. The van der Waals surface area contributed by atoms with Gasteiger partial charge in [0, 0.05) is 6.07 Å². The van der Waals surface area contributed by atoms with Crippen molar-refractivity contribution in [3.05, 3.63) is 11.2 Å². The average molecular weight is 302 g/mol. The van der Waals surface area contributed by atoms with Crippen molar-refractivity contribution in [3.8, 4) is 5.88 Å². The number of thioether (sulfide) groups is 1. The third-order valence-corrected chi connectivity index (χ3v) is 3.98. The summed E-state index contributed by atoms with van der Waals surface area (Å²) in [6.45, 7) is 3.01. The second-order valence-corrected chi connectivity index (χ2v) is 5.88. The molecular formula is C13H20ClN3OS. The highest BCUT2D eigenvalue weighted by molar-refractivity contribution is 7.98. The first-order valence-corrected chi connectivity index (χ1v) is 8.30. The van der Waals surface area contributed by atoms with E-state index in [2.05, 4.69) is 15.3 Å². The van der Waals surface area contributed by atoms with E-state index in [-0.39, 0.29) is 0 Å². The van der Waals surface area contributed by atoms with Gasteiger partial charge >= 0.3 is 0 Å². The molecule has 0 spiro atoms. The summed E-state index contributed by atoms with van der Waals surface area (Å²) >= 11 is 7.37. The molecule has 6 heteroatoms. The normalized spacial score (nSPS) is 19.4. The standard InChI is InChI=1S/C13H20ClN3OS/c1-19-13-16-11(14)8-12(17-13)18-7-3-5-10-4-2-6-15-9-10/h8,10,15H,2-7,9H2,1H3/t10-/m1/s1. The van der Waals surface area contributed by atoms with Crippen molar-refractivity contribution in [3.63, 3.8) is 0 Å². The molecule has 0 radical (unpaired) electrons. The molecule has 0 saturated carbocycles. The fourth-order valence-corrected chi connectivity index (χ4v) is 2.86. The van der Waals surface area contributed by atoms with Gasteiger partial charge < -0.3 is 10.1 Å². The Balaban J connectivity index is 1.71. The number of ether oxygens (including phenoxy) is 1. The number of rotatable bonds is 6. The van der Waals surface area contributed by atoms with Crippen molar-refractivity contribution in [2.24, 2.45) is 5.92 Å². The topological polar surface area (TPSA) is 47.0 Å². The first-order valence-electron chi connectivity index (χ1n) is 6.70. The molecule has 2 heterocycles. The van der Waals surface area contributed by atoms with Gasteiger partial charge in [0.15, 0.2) is 5.16 Å². The molecule has 0 aromatic carbocycles. The molecule has 1 fully saturated rings. The van der Waals surface area contributed by atoms with Gasteiger partial charge in [-0.05, 0) is 50.9 Å². The van der Waals surface area contributed by atoms with E-state index in [4.69, 9.17) is 16.3 Å². The maximum absolute atomic E-state index is 5.91. The summed E-state index contributed by atoms with van der Waals surface area (Å²) in [5.41, 5.74) is 0. The van der Waals surface area contributed by atoms with Gasteiger partial charge in [-0.1, -0.05) is 23.4 Å². The van der Waals surface area contributed by atoms with Crippen LogP contribution >= 0.6 is 23.4 Å². The number of aromatic nitrogens is 2. The van der Waals surface area contributed by atoms with Gasteiger partial charge in [0.1, 0.15) is 5.15 Å². The Morgan fingerprint density at radius 2 is 2.42 bits per heavy atom. The summed E-state index contributed by atoms with van der Waals surface area (Å²) in [4.78, 5) is 8.35. The molecule has 0 amide bonds. The Bertz CT molecular complexity index is 399. The third kappa shape index (κ3) is 5.16. The molecule has 4 nitrogen and oxygen atoms in total. The molecule has 1 aromatic heterocycles. The highest BCUT2D eigenvalue weighted by Crippen LogP contribution is 2.20. The lowest BCUT2D eigenvalue weighted by atomic mass is 9.95. The van der Waals surface area contributed by atoms with Crippen LogP contribution in [0.3, 0.4) is 0 Å². The first kappa shape index (κ1) is 14.9. The summed E-state index contributed by atoms with van der Waals surface area (Å²) in [5, 5.41) is 4.52. The fourth-order valence-electron chi connectivity index (χ4n) is 2.26. The Morgan fingerprint density at radius 1 is 1.53 bits per heavy atom. The van der Waals surface area contributed by atoms with Crippen molar-refractivity contribution in [2.75, 3.05) is 26.0 Å². The second-order valence-electron chi connectivity index (χ2n) is 4.72. The van der Waals surface area contributed by atoms with E-state index in [9.17, 15) is 0 Å². The Morgan fingerprint density at radius 3 is 3.16 bits per heavy atom. The predicted octanol–water partition coefficient (Wildman–Crippen LogP) is 3.01. The van der Waals surface area contributed by atoms with E-state index in [1.165, 1.54) is 37.6 Å². The quantitative estimate of drug-likeness (QED) is 0.379. The van der Waals surface area contributed by atoms with Crippen LogP contribution in [0, 0.1) is 5.92 Å². The lowest BCUT2D eigenvalue weighted by molar-refractivity contribution is 0.266. The number of nitrogens with zero attached hydrogens (tertiary/aromatic N) is 2. The predicted molar refractivity (Wildman–Crippen MR) is 79.1 cm³/mol. The van der Waals surface area contributed by atoms with Gasteiger partial charge in [0.05, 0.1) is 6.61 Å². The zero-order valence-electron chi connectivity index (χ0n) is 11.2. The molecule has 1 atom stereocenters. The lowest BCUT2D eigenvalue weighted by Crippen LogP contribution is -2.29. The minimum absolute atomic E-state index is 0.436. The summed E-state index contributed by atoms with van der Waals surface area (Å²) in [7, 11) is 0. The van der Waals surface area contributed by atoms with Crippen molar-refractivity contribution in [2.45, 2.75) is 30.8 Å². The van der Waals surface area contributed by atoms with Gasteiger partial charge in [-0.25, -0.2) is 4.98 Å². The monoisotopic (exact) mass is 301 g/mol. The molecular weight excluding hydrogens is 282 g/mol. The van der Waals surface area contributed by atoms with E-state index in [0.29, 0.717) is 22.8 Å². The van der Waals surface area contributed by atoms with Gasteiger partial charge in [0.2, 0.25) is 5.88 Å².